The summed E-state index contributed by atoms with van der Waals surface area (Å²) in [6.07, 6.45) is 1.30. The Morgan fingerprint density at radius 3 is 2.64 bits per heavy atom. The first-order chi connectivity index (χ1) is 16.0. The number of carbonyl (C=O) groups is 1. The molecule has 0 fully saturated rings. The maximum Gasteiger partial charge on any atom is 0.290 e. The van der Waals surface area contributed by atoms with Crippen LogP contribution in [0.15, 0.2) is 51.7 Å². The smallest absolute Gasteiger partial charge is 0.290 e. The van der Waals surface area contributed by atoms with Crippen LogP contribution in [-0.2, 0) is 0 Å². The van der Waals surface area contributed by atoms with Crippen LogP contribution in [0.2, 0.25) is 0 Å². The van der Waals surface area contributed by atoms with Crippen molar-refractivity contribution >= 4 is 16.9 Å². The number of aliphatic hydroxyl groups is 1. The Morgan fingerprint density at radius 2 is 1.91 bits per heavy atom. The van der Waals surface area contributed by atoms with E-state index in [1.807, 2.05) is 12.1 Å². The van der Waals surface area contributed by atoms with Crippen molar-refractivity contribution in [1.82, 2.24) is 4.90 Å². The van der Waals surface area contributed by atoms with Crippen molar-refractivity contribution < 1.29 is 23.8 Å². The molecule has 33 heavy (non-hydrogen) atoms. The maximum atomic E-state index is 13.5. The monoisotopic (exact) mass is 451 g/mol. The highest BCUT2D eigenvalue weighted by Crippen LogP contribution is 2.41. The van der Waals surface area contributed by atoms with Gasteiger partial charge in [-0.3, -0.25) is 9.59 Å². The van der Waals surface area contributed by atoms with E-state index in [9.17, 15) is 14.7 Å². The molecule has 1 atom stereocenters. The van der Waals surface area contributed by atoms with Crippen LogP contribution in [0.1, 0.15) is 54.4 Å². The summed E-state index contributed by atoms with van der Waals surface area (Å²) in [4.78, 5) is 28.3. The molecule has 2 aromatic carbocycles. The first-order valence-electron chi connectivity index (χ1n) is 11.2. The van der Waals surface area contributed by atoms with Crippen LogP contribution in [0.4, 0.5) is 0 Å². The molecule has 3 aromatic rings. The number of ether oxygens (including phenoxy) is 2. The van der Waals surface area contributed by atoms with Crippen molar-refractivity contribution in [2.45, 2.75) is 32.7 Å². The third kappa shape index (κ3) is 4.33. The third-order valence-corrected chi connectivity index (χ3v) is 5.89. The number of hydrogen-bond donors (Lipinski definition) is 1. The second-order valence-corrected chi connectivity index (χ2v) is 8.59. The standard InChI is InChI=1S/C26H29NO6/c1-16(2)11-14-32-20-10-9-17(15-21(20)31-3)23-22-24(29)18-7-4-5-8-19(18)33-25(22)26(30)27(23)12-6-13-28/h4-5,7-10,15-16,23,28H,6,11-14H2,1-3H3/t23-/m0/s1. The normalized spacial score (nSPS) is 15.4. The van der Waals surface area contributed by atoms with Gasteiger partial charge in [-0.15, -0.1) is 0 Å². The Labute approximate surface area is 192 Å². The molecule has 174 valence electrons. The van der Waals surface area contributed by atoms with Gasteiger partial charge in [0, 0.05) is 13.2 Å². The SMILES string of the molecule is COc1cc([C@H]2c3c(oc4ccccc4c3=O)C(=O)N2CCCO)ccc1OCCC(C)C. The maximum absolute atomic E-state index is 13.5. The number of carbonyl (C=O) groups excluding carboxylic acids is 1. The van der Waals surface area contributed by atoms with Crippen molar-refractivity contribution in [1.29, 1.82) is 0 Å². The zero-order valence-corrected chi connectivity index (χ0v) is 19.2. The van der Waals surface area contributed by atoms with Crippen molar-refractivity contribution in [3.8, 4) is 11.5 Å². The Bertz CT molecular complexity index is 1220. The van der Waals surface area contributed by atoms with Gasteiger partial charge in [0.15, 0.2) is 16.9 Å². The van der Waals surface area contributed by atoms with Crippen molar-refractivity contribution in [2.75, 3.05) is 26.9 Å². The van der Waals surface area contributed by atoms with Gasteiger partial charge in [0.1, 0.15) is 5.58 Å². The van der Waals surface area contributed by atoms with E-state index < -0.39 is 6.04 Å². The first kappa shape index (κ1) is 22.9. The van der Waals surface area contributed by atoms with E-state index in [2.05, 4.69) is 13.8 Å². The Balaban J connectivity index is 1.80. The molecule has 1 aliphatic heterocycles. The highest BCUT2D eigenvalue weighted by molar-refractivity contribution is 5.99. The van der Waals surface area contributed by atoms with E-state index in [4.69, 9.17) is 13.9 Å². The van der Waals surface area contributed by atoms with E-state index >= 15 is 0 Å². The Morgan fingerprint density at radius 1 is 1.12 bits per heavy atom. The average Bonchev–Trinajstić information content (AvgIpc) is 3.09. The molecular formula is C26H29NO6. The zero-order chi connectivity index (χ0) is 23.5. The summed E-state index contributed by atoms with van der Waals surface area (Å²) in [6, 6.07) is 11.7. The molecule has 0 aliphatic carbocycles. The number of hydrogen-bond acceptors (Lipinski definition) is 6. The number of benzene rings is 2. The molecule has 7 nitrogen and oxygen atoms in total. The van der Waals surface area contributed by atoms with Crippen LogP contribution in [-0.4, -0.2) is 42.8 Å². The molecule has 1 aromatic heterocycles. The van der Waals surface area contributed by atoms with E-state index in [0.717, 1.165) is 12.0 Å². The van der Waals surface area contributed by atoms with Gasteiger partial charge in [-0.25, -0.2) is 0 Å². The van der Waals surface area contributed by atoms with Gasteiger partial charge in [0.05, 0.1) is 30.7 Å². The van der Waals surface area contributed by atoms with Crippen LogP contribution in [0, 0.1) is 5.92 Å². The minimum Gasteiger partial charge on any atom is -0.493 e. The lowest BCUT2D eigenvalue weighted by atomic mass is 9.98. The van der Waals surface area contributed by atoms with E-state index in [0.29, 0.717) is 47.0 Å². The molecule has 1 aliphatic rings. The summed E-state index contributed by atoms with van der Waals surface area (Å²) in [5.74, 6) is 1.36. The number of amides is 1. The fraction of sp³-hybridized carbons (Fsp3) is 0.385. The van der Waals surface area contributed by atoms with Gasteiger partial charge >= 0.3 is 0 Å². The van der Waals surface area contributed by atoms with Gasteiger partial charge in [-0.05, 0) is 48.6 Å². The van der Waals surface area contributed by atoms with Gasteiger partial charge in [-0.2, -0.15) is 0 Å². The number of aliphatic hydroxyl groups excluding tert-OH is 1. The number of para-hydroxylation sites is 1. The molecule has 1 N–H and O–H groups in total. The topological polar surface area (TPSA) is 89.2 Å². The predicted molar refractivity (Wildman–Crippen MR) is 125 cm³/mol. The molecule has 4 rings (SSSR count). The molecule has 0 unspecified atom stereocenters. The summed E-state index contributed by atoms with van der Waals surface area (Å²) >= 11 is 0. The van der Waals surface area contributed by atoms with Gasteiger partial charge < -0.3 is 23.9 Å². The summed E-state index contributed by atoms with van der Waals surface area (Å²) in [7, 11) is 1.56. The minimum atomic E-state index is -0.640. The van der Waals surface area contributed by atoms with E-state index in [-0.39, 0.29) is 30.2 Å². The fourth-order valence-corrected chi connectivity index (χ4v) is 4.16. The number of rotatable bonds is 9. The van der Waals surface area contributed by atoms with E-state index in [1.165, 1.54) is 0 Å². The van der Waals surface area contributed by atoms with Crippen molar-refractivity contribution in [3.05, 3.63) is 69.6 Å². The lowest BCUT2D eigenvalue weighted by Gasteiger charge is -2.25. The lowest BCUT2D eigenvalue weighted by Crippen LogP contribution is -2.31. The van der Waals surface area contributed by atoms with Crippen molar-refractivity contribution in [2.24, 2.45) is 5.92 Å². The molecule has 0 bridgehead atoms. The van der Waals surface area contributed by atoms with Gasteiger partial charge in [-0.1, -0.05) is 32.0 Å². The molecular weight excluding hydrogens is 422 g/mol. The largest absolute Gasteiger partial charge is 0.493 e. The first-order valence-corrected chi connectivity index (χ1v) is 11.2. The second kappa shape index (κ2) is 9.67. The van der Waals surface area contributed by atoms with Gasteiger partial charge in [0.2, 0.25) is 5.76 Å². The highest BCUT2D eigenvalue weighted by Gasteiger charge is 2.42. The predicted octanol–water partition coefficient (Wildman–Crippen LogP) is 4.15. The molecule has 0 radical (unpaired) electrons. The Hall–Kier alpha value is -3.32. The molecule has 0 spiro atoms. The van der Waals surface area contributed by atoms with Crippen LogP contribution >= 0.6 is 0 Å². The molecule has 0 saturated heterocycles. The number of methoxy groups -OCH3 is 1. The van der Waals surface area contributed by atoms with Crippen molar-refractivity contribution in [3.63, 3.8) is 0 Å². The minimum absolute atomic E-state index is 0.0536. The van der Waals surface area contributed by atoms with Crippen LogP contribution in [0.25, 0.3) is 11.0 Å². The van der Waals surface area contributed by atoms with E-state index in [1.54, 1.807) is 42.3 Å². The summed E-state index contributed by atoms with van der Waals surface area (Å²) in [6.45, 7) is 5.05. The molecule has 1 amide bonds. The molecule has 2 heterocycles. The van der Waals surface area contributed by atoms with Gasteiger partial charge in [0.25, 0.3) is 5.91 Å². The lowest BCUT2D eigenvalue weighted by molar-refractivity contribution is 0.0716. The molecule has 7 heteroatoms. The third-order valence-electron chi connectivity index (χ3n) is 5.89. The zero-order valence-electron chi connectivity index (χ0n) is 19.2. The van der Waals surface area contributed by atoms with Crippen LogP contribution in [0.3, 0.4) is 0 Å². The highest BCUT2D eigenvalue weighted by atomic mass is 16.5. The Kier molecular flexibility index (Phi) is 6.70. The fourth-order valence-electron chi connectivity index (χ4n) is 4.16. The average molecular weight is 452 g/mol. The summed E-state index contributed by atoms with van der Waals surface area (Å²) in [5.41, 5.74) is 1.18. The number of fused-ring (bicyclic) bond motifs is 2. The second-order valence-electron chi connectivity index (χ2n) is 8.59. The molecule has 0 saturated carbocycles. The number of nitrogens with zero attached hydrogens (tertiary/aromatic N) is 1. The summed E-state index contributed by atoms with van der Waals surface area (Å²) < 4.78 is 17.4. The summed E-state index contributed by atoms with van der Waals surface area (Å²) in [5, 5.41) is 9.81. The quantitative estimate of drug-likeness (QED) is 0.526. The van der Waals surface area contributed by atoms with Crippen LogP contribution < -0.4 is 14.9 Å². The van der Waals surface area contributed by atoms with Crippen LogP contribution in [0.5, 0.6) is 11.5 Å².